The minimum atomic E-state index is 0. The van der Waals surface area contributed by atoms with Gasteiger partial charge in [-0.3, -0.25) is 20.6 Å². The molecular weight excluding hydrogens is 570 g/mol. The van der Waals surface area contributed by atoms with E-state index in [0.717, 1.165) is 36.8 Å². The van der Waals surface area contributed by atoms with Gasteiger partial charge >= 0.3 is 0 Å². The number of aliphatic imine (C=N–C) groups is 4. The molecule has 0 saturated carbocycles. The molecule has 10 nitrogen and oxygen atoms in total. The van der Waals surface area contributed by atoms with Crippen LogP contribution in [0.5, 0.6) is 0 Å². The summed E-state index contributed by atoms with van der Waals surface area (Å²) in [6.07, 6.45) is 3.77. The fraction of sp³-hybridized carbons (Fsp3) is 0.333. The maximum Gasteiger partial charge on any atom is 0.195 e. The summed E-state index contributed by atoms with van der Waals surface area (Å²) in [7, 11) is 0. The molecule has 14 heteroatoms. The van der Waals surface area contributed by atoms with Crippen LogP contribution in [0.4, 0.5) is 0 Å². The zero-order valence-electron chi connectivity index (χ0n) is 20.9. The van der Waals surface area contributed by atoms with Gasteiger partial charge in [-0.05, 0) is 48.2 Å². The van der Waals surface area contributed by atoms with E-state index in [1.54, 1.807) is 24.3 Å². The molecule has 2 aromatic carbocycles. The van der Waals surface area contributed by atoms with Crippen molar-refractivity contribution in [1.29, 1.82) is 0 Å². The molecule has 0 aliphatic rings. The van der Waals surface area contributed by atoms with Crippen LogP contribution in [-0.4, -0.2) is 36.9 Å². The first-order chi connectivity index (χ1) is 17.3. The molecule has 10 N–H and O–H groups in total. The zero-order chi connectivity index (χ0) is 26.2. The number of unbranched alkanes of at least 4 members (excludes halogenated alkanes) is 3. The molecule has 210 valence electrons. The smallest absolute Gasteiger partial charge is 0.195 e. The van der Waals surface area contributed by atoms with Crippen molar-refractivity contribution < 1.29 is 0 Å². The Morgan fingerprint density at radius 1 is 0.526 bits per heavy atom. The van der Waals surface area contributed by atoms with E-state index in [4.69, 9.17) is 46.1 Å². The van der Waals surface area contributed by atoms with Gasteiger partial charge in [-0.15, -0.1) is 24.8 Å². The van der Waals surface area contributed by atoms with Crippen LogP contribution in [0.15, 0.2) is 68.5 Å². The molecule has 0 aliphatic heterocycles. The van der Waals surface area contributed by atoms with Crippen molar-refractivity contribution in [2.45, 2.75) is 38.8 Å². The Morgan fingerprint density at radius 3 is 1.18 bits per heavy atom. The number of nitrogens with one attached hydrogen (secondary N) is 2. The summed E-state index contributed by atoms with van der Waals surface area (Å²) < 4.78 is 0. The van der Waals surface area contributed by atoms with Crippen LogP contribution in [0.25, 0.3) is 0 Å². The van der Waals surface area contributed by atoms with Crippen LogP contribution in [0.3, 0.4) is 0 Å². The van der Waals surface area contributed by atoms with Gasteiger partial charge in [-0.25, -0.2) is 9.98 Å². The Bertz CT molecular complexity index is 969. The molecule has 2 aromatic rings. The second-order valence-electron chi connectivity index (χ2n) is 7.85. The quantitative estimate of drug-likeness (QED) is 0.129. The standard InChI is InChI=1S/C24H34Cl2N10.2ClH/c25-19-9-5-17(6-10-19)15-33-23(29)35-21(27)31-13-3-1-2-4-14-32-22(28)36-24(30)34-16-18-7-11-20(26)12-8-18;;/h5-12H,1-4,13-16H2,(H5,27,29,31,33,35)(H5,28,30,32,34,36);2*1H. The second-order valence-corrected chi connectivity index (χ2v) is 8.73. The Hall–Kier alpha value is -2.92. The average Bonchev–Trinajstić information content (AvgIpc) is 2.85. The molecule has 0 bridgehead atoms. The molecule has 38 heavy (non-hydrogen) atoms. The van der Waals surface area contributed by atoms with Crippen molar-refractivity contribution in [3.8, 4) is 0 Å². The third-order valence-corrected chi connectivity index (χ3v) is 5.34. The Kier molecular flexibility index (Phi) is 18.6. The first-order valence-corrected chi connectivity index (χ1v) is 12.3. The molecule has 0 aromatic heterocycles. The molecule has 0 heterocycles. The fourth-order valence-electron chi connectivity index (χ4n) is 2.93. The minimum absolute atomic E-state index is 0. The van der Waals surface area contributed by atoms with Crippen LogP contribution >= 0.6 is 48.0 Å². The predicted octanol–water partition coefficient (Wildman–Crippen LogP) is 3.54. The normalized spacial score (nSPS) is 12.4. The Morgan fingerprint density at radius 2 is 0.842 bits per heavy atom. The van der Waals surface area contributed by atoms with Crippen molar-refractivity contribution in [1.82, 2.24) is 10.6 Å². The predicted molar refractivity (Wildman–Crippen MR) is 166 cm³/mol. The summed E-state index contributed by atoms with van der Waals surface area (Å²) >= 11 is 11.7. The molecule has 0 fully saturated rings. The largest absolute Gasteiger partial charge is 0.370 e. The molecule has 0 unspecified atom stereocenters. The summed E-state index contributed by atoms with van der Waals surface area (Å²) in [5.74, 6) is 0.911. The number of hydrogen-bond acceptors (Lipinski definition) is 4. The average molecular weight is 606 g/mol. The third-order valence-electron chi connectivity index (χ3n) is 4.83. The first-order valence-electron chi connectivity index (χ1n) is 11.5. The third kappa shape index (κ3) is 16.0. The number of guanidine groups is 4. The lowest BCUT2D eigenvalue weighted by Crippen LogP contribution is -2.41. The van der Waals surface area contributed by atoms with Gasteiger partial charge in [0.1, 0.15) is 0 Å². The van der Waals surface area contributed by atoms with Crippen molar-refractivity contribution in [3.63, 3.8) is 0 Å². The van der Waals surface area contributed by atoms with Crippen LogP contribution in [0.1, 0.15) is 36.8 Å². The van der Waals surface area contributed by atoms with Gasteiger partial charge in [0.25, 0.3) is 0 Å². The highest BCUT2D eigenvalue weighted by Crippen LogP contribution is 2.11. The Labute approximate surface area is 246 Å². The fourth-order valence-corrected chi connectivity index (χ4v) is 3.18. The summed E-state index contributed by atoms with van der Waals surface area (Å²) in [5.41, 5.74) is 25.4. The second kappa shape index (κ2) is 20.1. The molecule has 2 rings (SSSR count). The van der Waals surface area contributed by atoms with Gasteiger partial charge in [-0.2, -0.15) is 0 Å². The lowest BCUT2D eigenvalue weighted by atomic mass is 10.2. The van der Waals surface area contributed by atoms with Crippen LogP contribution in [-0.2, 0) is 13.1 Å². The molecular formula is C24H36Cl4N10. The van der Waals surface area contributed by atoms with E-state index in [2.05, 4.69) is 30.6 Å². The molecule has 0 saturated heterocycles. The van der Waals surface area contributed by atoms with Crippen LogP contribution in [0.2, 0.25) is 10.0 Å². The zero-order valence-corrected chi connectivity index (χ0v) is 24.1. The van der Waals surface area contributed by atoms with Gasteiger partial charge in [0.2, 0.25) is 0 Å². The summed E-state index contributed by atoms with van der Waals surface area (Å²) in [4.78, 5) is 17.0. The summed E-state index contributed by atoms with van der Waals surface area (Å²) in [6, 6.07) is 14.8. The van der Waals surface area contributed by atoms with Gasteiger partial charge in [0, 0.05) is 23.1 Å². The van der Waals surface area contributed by atoms with E-state index >= 15 is 0 Å². The van der Waals surface area contributed by atoms with Crippen LogP contribution < -0.4 is 33.6 Å². The number of benzene rings is 2. The topological polar surface area (TPSA) is 178 Å². The molecule has 0 spiro atoms. The van der Waals surface area contributed by atoms with Gasteiger partial charge in [-0.1, -0.05) is 60.3 Å². The number of nitrogens with zero attached hydrogens (tertiary/aromatic N) is 4. The lowest BCUT2D eigenvalue weighted by Gasteiger charge is -2.06. The van der Waals surface area contributed by atoms with Gasteiger partial charge in [0.15, 0.2) is 23.8 Å². The van der Waals surface area contributed by atoms with E-state index in [9.17, 15) is 0 Å². The van der Waals surface area contributed by atoms with Crippen molar-refractivity contribution in [3.05, 3.63) is 69.7 Å². The van der Waals surface area contributed by atoms with Gasteiger partial charge in [0.05, 0.1) is 13.1 Å². The first kappa shape index (κ1) is 35.1. The maximum absolute atomic E-state index is 5.87. The number of halogens is 4. The maximum atomic E-state index is 5.87. The SMILES string of the molecule is Cl.Cl.NC(=NCCCCCCN=C(N)NC(N)=NCc1ccc(Cl)cc1)NC(N)=NCc1ccc(Cl)cc1. The summed E-state index contributed by atoms with van der Waals surface area (Å²) in [5, 5.41) is 6.93. The van der Waals surface area contributed by atoms with E-state index < -0.39 is 0 Å². The highest BCUT2D eigenvalue weighted by Gasteiger charge is 1.99. The van der Waals surface area contributed by atoms with Crippen LogP contribution in [0, 0.1) is 0 Å². The Balaban J connectivity index is 0.00000684. The van der Waals surface area contributed by atoms with E-state index in [-0.39, 0.29) is 48.7 Å². The van der Waals surface area contributed by atoms with E-state index in [1.165, 1.54) is 0 Å². The molecule has 0 aliphatic carbocycles. The number of nitrogens with two attached hydrogens (primary N) is 4. The molecule has 0 radical (unpaired) electrons. The lowest BCUT2D eigenvalue weighted by molar-refractivity contribution is 0.653. The number of hydrogen-bond donors (Lipinski definition) is 6. The molecule has 0 amide bonds. The van der Waals surface area contributed by atoms with Crippen molar-refractivity contribution in [2.75, 3.05) is 13.1 Å². The number of rotatable bonds is 11. The minimum Gasteiger partial charge on any atom is -0.370 e. The van der Waals surface area contributed by atoms with Crippen molar-refractivity contribution in [2.24, 2.45) is 42.9 Å². The van der Waals surface area contributed by atoms with E-state index in [0.29, 0.717) is 36.2 Å². The monoisotopic (exact) mass is 604 g/mol. The highest BCUT2D eigenvalue weighted by molar-refractivity contribution is 6.30. The van der Waals surface area contributed by atoms with Crippen molar-refractivity contribution >= 4 is 71.9 Å². The molecule has 0 atom stereocenters. The summed E-state index contributed by atoms with van der Waals surface area (Å²) in [6.45, 7) is 2.04. The highest BCUT2D eigenvalue weighted by atomic mass is 35.5. The van der Waals surface area contributed by atoms with Gasteiger partial charge < -0.3 is 22.9 Å². The van der Waals surface area contributed by atoms with E-state index in [1.807, 2.05) is 24.3 Å².